The first-order valence-corrected chi connectivity index (χ1v) is 4.11. The largest absolute Gasteiger partial charge is 0.313 e. The Labute approximate surface area is 70.8 Å². The van der Waals surface area contributed by atoms with Crippen molar-refractivity contribution in [3.63, 3.8) is 0 Å². The maximum Gasteiger partial charge on any atom is 0.151 e. The van der Waals surface area contributed by atoms with Crippen molar-refractivity contribution in [3.8, 4) is 0 Å². The van der Waals surface area contributed by atoms with Gasteiger partial charge in [0.15, 0.2) is 5.67 Å². The molecule has 12 heavy (non-hydrogen) atoms. The normalized spacial score (nSPS) is 29.1. The summed E-state index contributed by atoms with van der Waals surface area (Å²) in [6.07, 6.45) is 3.82. The average molecular weight is 166 g/mol. The van der Waals surface area contributed by atoms with Crippen LogP contribution in [-0.4, -0.2) is 18.1 Å². The first-order chi connectivity index (χ1) is 5.81. The van der Waals surface area contributed by atoms with E-state index in [9.17, 15) is 4.39 Å². The molecule has 1 N–H and O–H groups in total. The lowest BCUT2D eigenvalue weighted by Gasteiger charge is -2.17. The SMILES string of the molecule is FC1(c2cccnc2)CCNC1. The predicted octanol–water partition coefficient (Wildman–Crippen LogP) is 1.24. The van der Waals surface area contributed by atoms with E-state index < -0.39 is 5.67 Å². The minimum Gasteiger partial charge on any atom is -0.313 e. The van der Waals surface area contributed by atoms with Crippen LogP contribution in [0, 0.1) is 0 Å². The second kappa shape index (κ2) is 2.83. The van der Waals surface area contributed by atoms with Crippen LogP contribution in [0.1, 0.15) is 12.0 Å². The predicted molar refractivity (Wildman–Crippen MR) is 44.5 cm³/mol. The van der Waals surface area contributed by atoms with Gasteiger partial charge in [-0.25, -0.2) is 4.39 Å². The summed E-state index contributed by atoms with van der Waals surface area (Å²) in [4.78, 5) is 3.91. The van der Waals surface area contributed by atoms with Crippen molar-refractivity contribution in [2.45, 2.75) is 12.1 Å². The molecule has 1 aliphatic heterocycles. The van der Waals surface area contributed by atoms with Crippen LogP contribution in [0.25, 0.3) is 0 Å². The number of hydrogen-bond donors (Lipinski definition) is 1. The number of rotatable bonds is 1. The molecule has 0 bridgehead atoms. The fraction of sp³-hybridized carbons (Fsp3) is 0.444. The van der Waals surface area contributed by atoms with Gasteiger partial charge in [0.1, 0.15) is 0 Å². The Morgan fingerprint density at radius 1 is 1.58 bits per heavy atom. The van der Waals surface area contributed by atoms with Gasteiger partial charge in [0.25, 0.3) is 0 Å². The second-order valence-electron chi connectivity index (χ2n) is 3.13. The Bertz CT molecular complexity index is 254. The Hall–Kier alpha value is -0.960. The number of alkyl halides is 1. The van der Waals surface area contributed by atoms with Crippen molar-refractivity contribution in [2.24, 2.45) is 0 Å². The summed E-state index contributed by atoms with van der Waals surface area (Å²) in [6, 6.07) is 3.56. The zero-order valence-corrected chi connectivity index (χ0v) is 6.76. The first kappa shape index (κ1) is 7.68. The van der Waals surface area contributed by atoms with E-state index in [0.717, 1.165) is 6.54 Å². The van der Waals surface area contributed by atoms with E-state index in [1.807, 2.05) is 0 Å². The van der Waals surface area contributed by atoms with Gasteiger partial charge in [0.2, 0.25) is 0 Å². The van der Waals surface area contributed by atoms with E-state index in [-0.39, 0.29) is 0 Å². The van der Waals surface area contributed by atoms with Crippen molar-refractivity contribution in [2.75, 3.05) is 13.1 Å². The molecule has 1 fully saturated rings. The highest BCUT2D eigenvalue weighted by Crippen LogP contribution is 2.31. The second-order valence-corrected chi connectivity index (χ2v) is 3.13. The van der Waals surface area contributed by atoms with Crippen molar-refractivity contribution in [3.05, 3.63) is 30.1 Å². The van der Waals surface area contributed by atoms with Crippen LogP contribution in [0.5, 0.6) is 0 Å². The summed E-state index contributed by atoms with van der Waals surface area (Å²) in [5, 5.41) is 3.01. The van der Waals surface area contributed by atoms with Crippen LogP contribution in [0.2, 0.25) is 0 Å². The third-order valence-corrected chi connectivity index (χ3v) is 2.28. The Balaban J connectivity index is 2.29. The van der Waals surface area contributed by atoms with Crippen LogP contribution >= 0.6 is 0 Å². The van der Waals surface area contributed by atoms with E-state index >= 15 is 0 Å². The fourth-order valence-corrected chi connectivity index (χ4v) is 1.54. The molecule has 1 aromatic rings. The Morgan fingerprint density at radius 2 is 2.50 bits per heavy atom. The molecule has 1 aromatic heterocycles. The zero-order valence-electron chi connectivity index (χ0n) is 6.76. The molecule has 0 radical (unpaired) electrons. The number of nitrogens with one attached hydrogen (secondary N) is 1. The molecule has 2 heterocycles. The summed E-state index contributed by atoms with van der Waals surface area (Å²) in [7, 11) is 0. The van der Waals surface area contributed by atoms with Gasteiger partial charge >= 0.3 is 0 Å². The van der Waals surface area contributed by atoms with Gasteiger partial charge in [-0.2, -0.15) is 0 Å². The van der Waals surface area contributed by atoms with Crippen LogP contribution in [0.15, 0.2) is 24.5 Å². The molecule has 1 atom stereocenters. The van der Waals surface area contributed by atoms with Crippen LogP contribution in [0.3, 0.4) is 0 Å². The van der Waals surface area contributed by atoms with Crippen molar-refractivity contribution < 1.29 is 4.39 Å². The molecular formula is C9H11FN2. The number of pyridine rings is 1. The monoisotopic (exact) mass is 166 g/mol. The molecule has 0 amide bonds. The average Bonchev–Trinajstić information content (AvgIpc) is 2.55. The van der Waals surface area contributed by atoms with Gasteiger partial charge in [-0.3, -0.25) is 4.98 Å². The summed E-state index contributed by atoms with van der Waals surface area (Å²) in [6.45, 7) is 1.17. The summed E-state index contributed by atoms with van der Waals surface area (Å²) >= 11 is 0. The third kappa shape index (κ3) is 1.20. The Morgan fingerprint density at radius 3 is 3.08 bits per heavy atom. The Kier molecular flexibility index (Phi) is 1.81. The van der Waals surface area contributed by atoms with Gasteiger partial charge in [-0.15, -0.1) is 0 Å². The summed E-state index contributed by atoms with van der Waals surface area (Å²) in [5.74, 6) is 0. The van der Waals surface area contributed by atoms with Gasteiger partial charge in [0, 0.05) is 24.5 Å². The molecule has 3 heteroatoms. The maximum absolute atomic E-state index is 13.9. The van der Waals surface area contributed by atoms with Gasteiger partial charge in [0.05, 0.1) is 0 Å². The summed E-state index contributed by atoms with van der Waals surface area (Å²) in [5.41, 5.74) is -0.496. The highest BCUT2D eigenvalue weighted by Gasteiger charge is 2.35. The molecule has 0 aromatic carbocycles. The van der Waals surface area contributed by atoms with Crippen LogP contribution in [0.4, 0.5) is 4.39 Å². The lowest BCUT2D eigenvalue weighted by molar-refractivity contribution is 0.193. The maximum atomic E-state index is 13.9. The van der Waals surface area contributed by atoms with Crippen molar-refractivity contribution in [1.29, 1.82) is 0 Å². The minimum atomic E-state index is -1.19. The molecular weight excluding hydrogens is 155 g/mol. The molecule has 1 aliphatic rings. The molecule has 0 saturated carbocycles. The van der Waals surface area contributed by atoms with Crippen LogP contribution < -0.4 is 5.32 Å². The summed E-state index contributed by atoms with van der Waals surface area (Å²) < 4.78 is 13.9. The van der Waals surface area contributed by atoms with Crippen LogP contribution in [-0.2, 0) is 5.67 Å². The molecule has 1 saturated heterocycles. The quantitative estimate of drug-likeness (QED) is 0.679. The molecule has 2 nitrogen and oxygen atoms in total. The van der Waals surface area contributed by atoms with E-state index in [1.165, 1.54) is 0 Å². The van der Waals surface area contributed by atoms with Gasteiger partial charge in [-0.1, -0.05) is 6.07 Å². The number of halogens is 1. The van der Waals surface area contributed by atoms with Gasteiger partial charge in [-0.05, 0) is 19.0 Å². The smallest absolute Gasteiger partial charge is 0.151 e. The molecule has 1 unspecified atom stereocenters. The highest BCUT2D eigenvalue weighted by atomic mass is 19.1. The highest BCUT2D eigenvalue weighted by molar-refractivity contribution is 5.20. The van der Waals surface area contributed by atoms with Crippen molar-refractivity contribution in [1.82, 2.24) is 10.3 Å². The number of nitrogens with zero attached hydrogens (tertiary/aromatic N) is 1. The first-order valence-electron chi connectivity index (χ1n) is 4.11. The molecule has 0 spiro atoms. The molecule has 64 valence electrons. The van der Waals surface area contributed by atoms with E-state index in [0.29, 0.717) is 18.5 Å². The van der Waals surface area contributed by atoms with Gasteiger partial charge < -0.3 is 5.32 Å². The number of hydrogen-bond acceptors (Lipinski definition) is 2. The number of aromatic nitrogens is 1. The lowest BCUT2D eigenvalue weighted by atomic mass is 9.97. The lowest BCUT2D eigenvalue weighted by Crippen LogP contribution is -2.23. The standard InChI is InChI=1S/C9H11FN2/c10-9(3-5-12-7-9)8-2-1-4-11-6-8/h1-2,4,6,12H,3,5,7H2. The molecule has 2 rings (SSSR count). The third-order valence-electron chi connectivity index (χ3n) is 2.28. The topological polar surface area (TPSA) is 24.9 Å². The fourth-order valence-electron chi connectivity index (χ4n) is 1.54. The molecule has 0 aliphatic carbocycles. The van der Waals surface area contributed by atoms with E-state index in [1.54, 1.807) is 24.5 Å². The van der Waals surface area contributed by atoms with Crippen molar-refractivity contribution >= 4 is 0 Å². The van der Waals surface area contributed by atoms with E-state index in [4.69, 9.17) is 0 Å². The minimum absolute atomic E-state index is 0.415. The van der Waals surface area contributed by atoms with E-state index in [2.05, 4.69) is 10.3 Å². The zero-order chi connectivity index (χ0) is 8.44.